The van der Waals surface area contributed by atoms with E-state index in [9.17, 15) is 4.79 Å². The van der Waals surface area contributed by atoms with E-state index in [1.165, 1.54) is 51.4 Å². The van der Waals surface area contributed by atoms with E-state index in [2.05, 4.69) is 16.5 Å². The first-order valence-electron chi connectivity index (χ1n) is 7.87. The third-order valence-electron chi connectivity index (χ3n) is 5.27. The summed E-state index contributed by atoms with van der Waals surface area (Å²) in [5.74, 6) is 1.06. The highest BCUT2D eigenvalue weighted by atomic mass is 32.2. The normalized spacial score (nSPS) is 37.2. The van der Waals surface area contributed by atoms with Crippen molar-refractivity contribution in [3.63, 3.8) is 0 Å². The average Bonchev–Trinajstić information content (AvgIpc) is 3.08. The highest BCUT2D eigenvalue weighted by molar-refractivity contribution is 7.99. The number of amides is 1. The Morgan fingerprint density at radius 2 is 1.79 bits per heavy atom. The maximum Gasteiger partial charge on any atom is 0.238 e. The number of nitrogens with zero attached hydrogens (tertiary/aromatic N) is 1. The van der Waals surface area contributed by atoms with Gasteiger partial charge in [0.1, 0.15) is 0 Å². The Balaban J connectivity index is 1.65. The van der Waals surface area contributed by atoms with Crippen molar-refractivity contribution in [3.05, 3.63) is 0 Å². The monoisotopic (exact) mass is 282 g/mol. The van der Waals surface area contributed by atoms with Crippen LogP contribution in [0.3, 0.4) is 0 Å². The fraction of sp³-hybridized carbons (Fsp3) is 0.933. The van der Waals surface area contributed by atoms with Crippen LogP contribution in [-0.2, 0) is 4.79 Å². The van der Waals surface area contributed by atoms with Crippen molar-refractivity contribution in [1.82, 2.24) is 10.2 Å². The van der Waals surface area contributed by atoms with Crippen LogP contribution in [0.15, 0.2) is 0 Å². The summed E-state index contributed by atoms with van der Waals surface area (Å²) in [5.41, 5.74) is 0. The summed E-state index contributed by atoms with van der Waals surface area (Å²) < 4.78 is 0. The summed E-state index contributed by atoms with van der Waals surface area (Å²) in [6.07, 6.45) is 12.9. The lowest BCUT2D eigenvalue weighted by Gasteiger charge is -2.39. The first kappa shape index (κ1) is 13.7. The molecular formula is C15H26N2OS. The lowest BCUT2D eigenvalue weighted by molar-refractivity contribution is -0.131. The molecule has 1 N–H and O–H groups in total. The fourth-order valence-electron chi connectivity index (χ4n) is 4.19. The number of rotatable bonds is 3. The minimum atomic E-state index is 0.351. The molecule has 3 fully saturated rings. The van der Waals surface area contributed by atoms with Gasteiger partial charge >= 0.3 is 0 Å². The second-order valence-electron chi connectivity index (χ2n) is 6.34. The zero-order chi connectivity index (χ0) is 13.2. The fourth-order valence-corrected chi connectivity index (χ4v) is 4.94. The number of hydrogen-bond acceptors (Lipinski definition) is 3. The predicted molar refractivity (Wildman–Crippen MR) is 80.2 cm³/mol. The highest BCUT2D eigenvalue weighted by Gasteiger charge is 2.41. The van der Waals surface area contributed by atoms with Gasteiger partial charge in [-0.05, 0) is 50.7 Å². The SMILES string of the molecule is CSC1CCC(N2C(=O)CNC2C2CCCC2)CC1. The van der Waals surface area contributed by atoms with Crippen LogP contribution in [0.2, 0.25) is 0 Å². The van der Waals surface area contributed by atoms with Crippen molar-refractivity contribution in [2.75, 3.05) is 12.8 Å². The van der Waals surface area contributed by atoms with Crippen molar-refractivity contribution in [3.8, 4) is 0 Å². The Kier molecular flexibility index (Phi) is 4.37. The van der Waals surface area contributed by atoms with Crippen LogP contribution < -0.4 is 5.32 Å². The molecule has 4 heteroatoms. The number of hydrogen-bond donors (Lipinski definition) is 1. The molecule has 1 aliphatic heterocycles. The molecule has 3 nitrogen and oxygen atoms in total. The van der Waals surface area contributed by atoms with Gasteiger partial charge in [-0.2, -0.15) is 11.8 Å². The lowest BCUT2D eigenvalue weighted by atomic mass is 9.92. The third kappa shape index (κ3) is 2.80. The molecule has 3 rings (SSSR count). The van der Waals surface area contributed by atoms with Crippen molar-refractivity contribution in [2.45, 2.75) is 68.8 Å². The molecular weight excluding hydrogens is 256 g/mol. The highest BCUT2D eigenvalue weighted by Crippen LogP contribution is 2.36. The van der Waals surface area contributed by atoms with Crippen LogP contribution in [0.25, 0.3) is 0 Å². The van der Waals surface area contributed by atoms with Gasteiger partial charge in [0.2, 0.25) is 5.91 Å². The quantitative estimate of drug-likeness (QED) is 0.863. The predicted octanol–water partition coefficient (Wildman–Crippen LogP) is 2.61. The second kappa shape index (κ2) is 6.04. The Labute approximate surface area is 120 Å². The zero-order valence-electron chi connectivity index (χ0n) is 11.9. The molecule has 2 aliphatic carbocycles. The minimum absolute atomic E-state index is 0.351. The molecule has 108 valence electrons. The van der Waals surface area contributed by atoms with E-state index in [4.69, 9.17) is 0 Å². The Morgan fingerprint density at radius 3 is 2.42 bits per heavy atom. The van der Waals surface area contributed by atoms with Crippen LogP contribution >= 0.6 is 11.8 Å². The van der Waals surface area contributed by atoms with E-state index in [1.54, 1.807) is 0 Å². The van der Waals surface area contributed by atoms with Crippen LogP contribution in [0.4, 0.5) is 0 Å². The number of thioether (sulfide) groups is 1. The number of nitrogens with one attached hydrogen (secondary N) is 1. The van der Waals surface area contributed by atoms with Crippen LogP contribution in [0, 0.1) is 5.92 Å². The molecule has 1 unspecified atom stereocenters. The summed E-state index contributed by atoms with van der Waals surface area (Å²) >= 11 is 2.00. The van der Waals surface area contributed by atoms with Crippen LogP contribution in [-0.4, -0.2) is 41.1 Å². The van der Waals surface area contributed by atoms with Crippen molar-refractivity contribution >= 4 is 17.7 Å². The topological polar surface area (TPSA) is 32.3 Å². The van der Waals surface area contributed by atoms with E-state index in [1.807, 2.05) is 11.8 Å². The van der Waals surface area contributed by atoms with Crippen LogP contribution in [0.1, 0.15) is 51.4 Å². The maximum absolute atomic E-state index is 12.2. The van der Waals surface area contributed by atoms with Gasteiger partial charge in [0.05, 0.1) is 12.7 Å². The summed E-state index contributed by atoms with van der Waals surface area (Å²) in [6.45, 7) is 0.573. The van der Waals surface area contributed by atoms with Crippen molar-refractivity contribution in [2.24, 2.45) is 5.92 Å². The Bertz CT molecular complexity index is 322. The van der Waals surface area contributed by atoms with Gasteiger partial charge in [0, 0.05) is 11.3 Å². The first-order valence-corrected chi connectivity index (χ1v) is 9.15. The molecule has 1 heterocycles. The molecule has 0 aromatic carbocycles. The van der Waals surface area contributed by atoms with E-state index in [0.717, 1.165) is 5.25 Å². The molecule has 2 saturated carbocycles. The molecule has 3 aliphatic rings. The van der Waals surface area contributed by atoms with E-state index in [-0.39, 0.29) is 0 Å². The average molecular weight is 282 g/mol. The Morgan fingerprint density at radius 1 is 1.11 bits per heavy atom. The molecule has 1 amide bonds. The molecule has 1 atom stereocenters. The van der Waals surface area contributed by atoms with Gasteiger partial charge in [-0.15, -0.1) is 0 Å². The smallest absolute Gasteiger partial charge is 0.238 e. The van der Waals surface area contributed by atoms with E-state index < -0.39 is 0 Å². The van der Waals surface area contributed by atoms with Crippen LogP contribution in [0.5, 0.6) is 0 Å². The van der Waals surface area contributed by atoms with Gasteiger partial charge in [-0.25, -0.2) is 0 Å². The largest absolute Gasteiger partial charge is 0.323 e. The molecule has 0 radical (unpaired) electrons. The second-order valence-corrected chi connectivity index (χ2v) is 7.48. The third-order valence-corrected chi connectivity index (χ3v) is 6.40. The standard InChI is InChI=1S/C15H26N2OS/c1-19-13-8-6-12(7-9-13)17-14(18)10-16-15(17)11-4-2-3-5-11/h11-13,15-16H,2-10H2,1H3. The summed E-state index contributed by atoms with van der Waals surface area (Å²) in [5, 5.41) is 4.32. The van der Waals surface area contributed by atoms with Gasteiger partial charge in [-0.3, -0.25) is 10.1 Å². The molecule has 0 spiro atoms. The molecule has 19 heavy (non-hydrogen) atoms. The summed E-state index contributed by atoms with van der Waals surface area (Å²) in [6, 6.07) is 0.511. The number of carbonyl (C=O) groups is 1. The molecule has 0 bridgehead atoms. The Hall–Kier alpha value is -0.220. The molecule has 0 aromatic heterocycles. The summed E-state index contributed by atoms with van der Waals surface area (Å²) in [7, 11) is 0. The van der Waals surface area contributed by atoms with Gasteiger partial charge in [0.15, 0.2) is 0 Å². The van der Waals surface area contributed by atoms with Gasteiger partial charge in [-0.1, -0.05) is 12.8 Å². The minimum Gasteiger partial charge on any atom is -0.323 e. The maximum atomic E-state index is 12.2. The molecule has 0 aromatic rings. The van der Waals surface area contributed by atoms with Crippen molar-refractivity contribution in [1.29, 1.82) is 0 Å². The van der Waals surface area contributed by atoms with E-state index in [0.29, 0.717) is 30.6 Å². The first-order chi connectivity index (χ1) is 9.29. The van der Waals surface area contributed by atoms with E-state index >= 15 is 0 Å². The van der Waals surface area contributed by atoms with Crippen molar-refractivity contribution < 1.29 is 4.79 Å². The summed E-state index contributed by atoms with van der Waals surface area (Å²) in [4.78, 5) is 14.5. The molecule has 1 saturated heterocycles. The lowest BCUT2D eigenvalue weighted by Crippen LogP contribution is -2.49. The van der Waals surface area contributed by atoms with Gasteiger partial charge < -0.3 is 4.90 Å². The number of carbonyl (C=O) groups excluding carboxylic acids is 1. The zero-order valence-corrected chi connectivity index (χ0v) is 12.8. The van der Waals surface area contributed by atoms with Gasteiger partial charge in [0.25, 0.3) is 0 Å².